The summed E-state index contributed by atoms with van der Waals surface area (Å²) < 4.78 is 21.6. The Morgan fingerprint density at radius 2 is 1.56 bits per heavy atom. The minimum Gasteiger partial charge on any atom is -0.493 e. The van der Waals surface area contributed by atoms with Crippen LogP contribution in [0.5, 0.6) is 23.0 Å². The molecule has 198 valence electrons. The standard InChI is InChI=1S/C28H38N2O5.ClH/c1-32-24-8-7-20(16-25(24)33-2)9-13-29-12-5-6-21(19-29)10-14-30-15-11-22-17-26(34-3)27(35-4)18-23(22)28(30)31;/h7-8,16-18,21H,5-6,9-15,19H2,1-4H3;1H. The summed E-state index contributed by atoms with van der Waals surface area (Å²) in [7, 11) is 6.57. The zero-order chi connectivity index (χ0) is 24.8. The summed E-state index contributed by atoms with van der Waals surface area (Å²) in [5, 5.41) is 0. The molecule has 0 spiro atoms. The monoisotopic (exact) mass is 518 g/mol. The van der Waals surface area contributed by atoms with E-state index in [0.717, 1.165) is 74.6 Å². The van der Waals surface area contributed by atoms with Gasteiger partial charge in [-0.25, -0.2) is 0 Å². The van der Waals surface area contributed by atoms with Gasteiger partial charge in [0.15, 0.2) is 23.0 Å². The molecule has 0 N–H and O–H groups in total. The first-order valence-corrected chi connectivity index (χ1v) is 12.5. The number of halogens is 1. The van der Waals surface area contributed by atoms with Gasteiger partial charge in [-0.05, 0) is 80.0 Å². The molecular weight excluding hydrogens is 480 g/mol. The lowest BCUT2D eigenvalue weighted by Gasteiger charge is -2.35. The number of fused-ring (bicyclic) bond motifs is 1. The molecule has 0 aliphatic carbocycles. The number of hydrogen-bond acceptors (Lipinski definition) is 6. The fourth-order valence-corrected chi connectivity index (χ4v) is 5.32. The molecule has 0 saturated carbocycles. The number of methoxy groups -OCH3 is 4. The number of carbonyl (C=O) groups excluding carboxylic acids is 1. The molecule has 36 heavy (non-hydrogen) atoms. The van der Waals surface area contributed by atoms with Gasteiger partial charge in [0, 0.05) is 31.7 Å². The van der Waals surface area contributed by atoms with E-state index in [9.17, 15) is 4.79 Å². The van der Waals surface area contributed by atoms with Crippen molar-refractivity contribution in [2.75, 3.05) is 61.2 Å². The van der Waals surface area contributed by atoms with E-state index in [2.05, 4.69) is 17.0 Å². The lowest BCUT2D eigenvalue weighted by molar-refractivity contribution is 0.0715. The minimum atomic E-state index is 0. The number of hydrogen-bond donors (Lipinski definition) is 0. The van der Waals surface area contributed by atoms with Crippen molar-refractivity contribution in [1.82, 2.24) is 9.80 Å². The smallest absolute Gasteiger partial charge is 0.254 e. The third-order valence-corrected chi connectivity index (χ3v) is 7.35. The van der Waals surface area contributed by atoms with Crippen LogP contribution in [0.25, 0.3) is 0 Å². The summed E-state index contributed by atoms with van der Waals surface area (Å²) in [6.07, 6.45) is 5.32. The van der Waals surface area contributed by atoms with Crippen LogP contribution >= 0.6 is 12.4 Å². The number of benzene rings is 2. The highest BCUT2D eigenvalue weighted by Crippen LogP contribution is 2.33. The maximum Gasteiger partial charge on any atom is 0.254 e. The molecule has 1 unspecified atom stereocenters. The van der Waals surface area contributed by atoms with Crippen LogP contribution in [0, 0.1) is 5.92 Å². The Morgan fingerprint density at radius 3 is 2.28 bits per heavy atom. The number of likely N-dealkylation sites (tertiary alicyclic amines) is 1. The molecule has 0 radical (unpaired) electrons. The van der Waals surface area contributed by atoms with Crippen LogP contribution in [0.4, 0.5) is 0 Å². The van der Waals surface area contributed by atoms with Gasteiger partial charge < -0.3 is 28.7 Å². The maximum absolute atomic E-state index is 13.2. The lowest BCUT2D eigenvalue weighted by atomic mass is 9.93. The van der Waals surface area contributed by atoms with Gasteiger partial charge in [0.05, 0.1) is 28.4 Å². The third kappa shape index (κ3) is 6.37. The van der Waals surface area contributed by atoms with Crippen LogP contribution < -0.4 is 18.9 Å². The van der Waals surface area contributed by atoms with E-state index in [1.807, 2.05) is 23.1 Å². The van der Waals surface area contributed by atoms with Crippen molar-refractivity contribution in [3.63, 3.8) is 0 Å². The molecule has 2 aliphatic heterocycles. The van der Waals surface area contributed by atoms with Gasteiger partial charge >= 0.3 is 0 Å². The van der Waals surface area contributed by atoms with Gasteiger partial charge in [0.2, 0.25) is 0 Å². The Bertz CT molecular complexity index is 1030. The highest BCUT2D eigenvalue weighted by molar-refractivity contribution is 5.97. The van der Waals surface area contributed by atoms with Crippen molar-refractivity contribution >= 4 is 18.3 Å². The molecule has 2 heterocycles. The number of rotatable bonds is 10. The third-order valence-electron chi connectivity index (χ3n) is 7.35. The first kappa shape index (κ1) is 27.9. The summed E-state index contributed by atoms with van der Waals surface area (Å²) in [5.41, 5.74) is 3.05. The number of nitrogens with zero attached hydrogens (tertiary/aromatic N) is 2. The number of carbonyl (C=O) groups is 1. The molecule has 1 fully saturated rings. The van der Waals surface area contributed by atoms with Crippen LogP contribution in [0.2, 0.25) is 0 Å². The van der Waals surface area contributed by atoms with Crippen LogP contribution in [-0.4, -0.2) is 76.9 Å². The van der Waals surface area contributed by atoms with Crippen LogP contribution in [0.15, 0.2) is 30.3 Å². The predicted molar refractivity (Wildman–Crippen MR) is 143 cm³/mol. The lowest BCUT2D eigenvalue weighted by Crippen LogP contribution is -2.41. The van der Waals surface area contributed by atoms with E-state index in [0.29, 0.717) is 17.4 Å². The van der Waals surface area contributed by atoms with Crippen molar-refractivity contribution in [1.29, 1.82) is 0 Å². The predicted octanol–water partition coefficient (Wildman–Crippen LogP) is 4.49. The Labute approximate surface area is 221 Å². The Hall–Kier alpha value is -2.64. The van der Waals surface area contributed by atoms with Crippen LogP contribution in [-0.2, 0) is 12.8 Å². The molecule has 0 aromatic heterocycles. The summed E-state index contributed by atoms with van der Waals surface area (Å²) >= 11 is 0. The summed E-state index contributed by atoms with van der Waals surface area (Å²) in [5.74, 6) is 3.57. The topological polar surface area (TPSA) is 60.5 Å². The molecule has 8 heteroatoms. The fraction of sp³-hybridized carbons (Fsp3) is 0.536. The second-order valence-corrected chi connectivity index (χ2v) is 9.44. The summed E-state index contributed by atoms with van der Waals surface area (Å²) in [4.78, 5) is 17.8. The molecule has 1 saturated heterocycles. The van der Waals surface area contributed by atoms with Gasteiger partial charge in [0.25, 0.3) is 5.91 Å². The van der Waals surface area contributed by atoms with Crippen LogP contribution in [0.1, 0.15) is 40.7 Å². The molecule has 2 aliphatic rings. The first-order valence-electron chi connectivity index (χ1n) is 12.5. The average Bonchev–Trinajstić information content (AvgIpc) is 2.90. The second kappa shape index (κ2) is 13.1. The normalized spacial score (nSPS) is 17.7. The van der Waals surface area contributed by atoms with E-state index >= 15 is 0 Å². The van der Waals surface area contributed by atoms with Gasteiger partial charge in [-0.3, -0.25) is 4.79 Å². The molecule has 2 aromatic rings. The van der Waals surface area contributed by atoms with Crippen molar-refractivity contribution in [2.45, 2.75) is 32.1 Å². The van der Waals surface area contributed by atoms with Crippen molar-refractivity contribution < 1.29 is 23.7 Å². The Kier molecular flexibility index (Phi) is 10.1. The number of amides is 1. The summed E-state index contributed by atoms with van der Waals surface area (Å²) in [6, 6.07) is 9.95. The molecule has 2 aromatic carbocycles. The molecule has 1 atom stereocenters. The molecule has 0 bridgehead atoms. The minimum absolute atomic E-state index is 0. The second-order valence-electron chi connectivity index (χ2n) is 9.44. The van der Waals surface area contributed by atoms with Crippen molar-refractivity contribution in [3.8, 4) is 23.0 Å². The molecule has 7 nitrogen and oxygen atoms in total. The van der Waals surface area contributed by atoms with Crippen LogP contribution in [0.3, 0.4) is 0 Å². The zero-order valence-corrected chi connectivity index (χ0v) is 22.7. The zero-order valence-electron chi connectivity index (χ0n) is 21.9. The summed E-state index contributed by atoms with van der Waals surface area (Å²) in [6.45, 7) is 4.83. The van der Waals surface area contributed by atoms with Crippen molar-refractivity contribution in [3.05, 3.63) is 47.0 Å². The molecule has 4 rings (SSSR count). The SMILES string of the molecule is COc1ccc(CCN2CCCC(CCN3CCc4cc(OC)c(OC)cc4C3=O)C2)cc1OC.Cl. The van der Waals surface area contributed by atoms with E-state index in [4.69, 9.17) is 18.9 Å². The number of piperidine rings is 1. The Balaban J connectivity index is 0.00000361. The average molecular weight is 519 g/mol. The van der Waals surface area contributed by atoms with E-state index in [1.165, 1.54) is 18.4 Å². The van der Waals surface area contributed by atoms with Crippen molar-refractivity contribution in [2.24, 2.45) is 5.92 Å². The largest absolute Gasteiger partial charge is 0.493 e. The van der Waals surface area contributed by atoms with Gasteiger partial charge in [-0.1, -0.05) is 6.07 Å². The quantitative estimate of drug-likeness (QED) is 0.462. The van der Waals surface area contributed by atoms with E-state index < -0.39 is 0 Å². The highest BCUT2D eigenvalue weighted by Gasteiger charge is 2.28. The van der Waals surface area contributed by atoms with E-state index in [1.54, 1.807) is 28.4 Å². The molecular formula is C28H39ClN2O5. The van der Waals surface area contributed by atoms with Gasteiger partial charge in [0.1, 0.15) is 0 Å². The molecule has 1 amide bonds. The maximum atomic E-state index is 13.2. The Morgan fingerprint density at radius 1 is 0.861 bits per heavy atom. The number of ether oxygens (including phenoxy) is 4. The first-order chi connectivity index (χ1) is 17.1. The fourth-order valence-electron chi connectivity index (χ4n) is 5.32. The van der Waals surface area contributed by atoms with Gasteiger partial charge in [-0.15, -0.1) is 12.4 Å². The van der Waals surface area contributed by atoms with Gasteiger partial charge in [-0.2, -0.15) is 0 Å². The van der Waals surface area contributed by atoms with E-state index in [-0.39, 0.29) is 18.3 Å². The highest BCUT2D eigenvalue weighted by atomic mass is 35.5.